The van der Waals surface area contributed by atoms with Crippen LogP contribution in [-0.2, 0) is 0 Å². The van der Waals surface area contributed by atoms with Gasteiger partial charge in [-0.3, -0.25) is 4.79 Å². The minimum Gasteiger partial charge on any atom is -0.293 e. The van der Waals surface area contributed by atoms with E-state index in [2.05, 4.69) is 0 Å². The molecule has 0 atom stereocenters. The highest BCUT2D eigenvalue weighted by Crippen LogP contribution is 2.23. The molecule has 0 N–H and O–H groups in total. The highest BCUT2D eigenvalue weighted by Gasteiger charge is 2.12. The molecule has 0 fully saturated rings. The van der Waals surface area contributed by atoms with Crippen LogP contribution in [0, 0.1) is 26.6 Å². The molecule has 104 valence electrons. The van der Waals surface area contributed by atoms with Crippen molar-refractivity contribution in [1.82, 2.24) is 0 Å². The van der Waals surface area contributed by atoms with Crippen LogP contribution in [0.3, 0.4) is 0 Å². The molecule has 2 aromatic carbocycles. The van der Waals surface area contributed by atoms with Gasteiger partial charge in [0, 0.05) is 10.5 Å². The van der Waals surface area contributed by atoms with E-state index in [9.17, 15) is 9.18 Å². The van der Waals surface area contributed by atoms with Gasteiger partial charge < -0.3 is 0 Å². The van der Waals surface area contributed by atoms with Crippen LogP contribution < -0.4 is 0 Å². The number of halogens is 1. The molecule has 0 aliphatic heterocycles. The maximum atomic E-state index is 13.5. The highest BCUT2D eigenvalue weighted by molar-refractivity contribution is 8.00. The number of benzene rings is 2. The Bertz CT molecular complexity index is 649. The summed E-state index contributed by atoms with van der Waals surface area (Å²) in [6.45, 7) is 5.97. The first-order valence-electron chi connectivity index (χ1n) is 6.47. The second-order valence-corrected chi connectivity index (χ2v) is 5.91. The van der Waals surface area contributed by atoms with Gasteiger partial charge in [0.25, 0.3) is 0 Å². The summed E-state index contributed by atoms with van der Waals surface area (Å²) in [5.74, 6) is 0.0190. The van der Waals surface area contributed by atoms with Crippen LogP contribution in [0.2, 0.25) is 0 Å². The fourth-order valence-electron chi connectivity index (χ4n) is 2.04. The van der Waals surface area contributed by atoms with Crippen molar-refractivity contribution in [2.24, 2.45) is 0 Å². The van der Waals surface area contributed by atoms with Gasteiger partial charge in [0.1, 0.15) is 5.82 Å². The van der Waals surface area contributed by atoms with Gasteiger partial charge in [-0.15, -0.1) is 11.8 Å². The molecule has 0 radical (unpaired) electrons. The quantitative estimate of drug-likeness (QED) is 0.598. The monoisotopic (exact) mass is 288 g/mol. The zero-order valence-corrected chi connectivity index (χ0v) is 12.7. The second kappa shape index (κ2) is 6.23. The van der Waals surface area contributed by atoms with E-state index in [-0.39, 0.29) is 17.4 Å². The van der Waals surface area contributed by atoms with Crippen LogP contribution in [0.4, 0.5) is 4.39 Å². The van der Waals surface area contributed by atoms with Gasteiger partial charge in [0.15, 0.2) is 5.78 Å². The first-order chi connectivity index (χ1) is 9.49. The minimum atomic E-state index is -0.276. The van der Waals surface area contributed by atoms with Gasteiger partial charge in [0.05, 0.1) is 5.75 Å². The summed E-state index contributed by atoms with van der Waals surface area (Å²) in [5, 5.41) is 0. The Hall–Kier alpha value is -1.61. The fraction of sp³-hybridized carbons (Fsp3) is 0.235. The molecular formula is C17H17FOS. The number of carbonyl (C=O) groups excluding carboxylic acids is 1. The number of thioether (sulfide) groups is 1. The van der Waals surface area contributed by atoms with Crippen LogP contribution in [0.1, 0.15) is 27.0 Å². The average Bonchev–Trinajstić information content (AvgIpc) is 2.41. The molecule has 0 saturated carbocycles. The third-order valence-electron chi connectivity index (χ3n) is 3.34. The molecule has 3 heteroatoms. The summed E-state index contributed by atoms with van der Waals surface area (Å²) in [7, 11) is 0. The van der Waals surface area contributed by atoms with Gasteiger partial charge in [-0.1, -0.05) is 18.2 Å². The SMILES string of the molecule is Cc1cc(C)c(C(=O)CSc2ccccc2F)cc1C. The van der Waals surface area contributed by atoms with Crippen LogP contribution in [0.25, 0.3) is 0 Å². The molecule has 0 aliphatic carbocycles. The summed E-state index contributed by atoms with van der Waals surface area (Å²) in [6.07, 6.45) is 0. The van der Waals surface area contributed by atoms with Crippen molar-refractivity contribution < 1.29 is 9.18 Å². The topological polar surface area (TPSA) is 17.1 Å². The van der Waals surface area contributed by atoms with Crippen molar-refractivity contribution in [3.05, 3.63) is 64.5 Å². The summed E-state index contributed by atoms with van der Waals surface area (Å²) >= 11 is 1.24. The van der Waals surface area contributed by atoms with Crippen molar-refractivity contribution in [1.29, 1.82) is 0 Å². The van der Waals surface area contributed by atoms with Crippen molar-refractivity contribution in [2.45, 2.75) is 25.7 Å². The van der Waals surface area contributed by atoms with Gasteiger partial charge >= 0.3 is 0 Å². The predicted molar refractivity (Wildman–Crippen MR) is 82.1 cm³/mol. The Morgan fingerprint density at radius 2 is 1.70 bits per heavy atom. The van der Waals surface area contributed by atoms with Gasteiger partial charge in [-0.25, -0.2) is 4.39 Å². The first kappa shape index (κ1) is 14.8. The van der Waals surface area contributed by atoms with Crippen molar-refractivity contribution in [2.75, 3.05) is 5.75 Å². The third kappa shape index (κ3) is 3.28. The molecule has 1 nitrogen and oxygen atoms in total. The molecule has 0 saturated heterocycles. The standard InChI is InChI=1S/C17H17FOS/c1-11-8-13(3)14(9-12(11)2)16(19)10-20-17-7-5-4-6-15(17)18/h4-9H,10H2,1-3H3. The smallest absolute Gasteiger partial charge is 0.173 e. The predicted octanol–water partition coefficient (Wildman–Crippen LogP) is 4.73. The Morgan fingerprint density at radius 3 is 2.40 bits per heavy atom. The molecule has 0 bridgehead atoms. The Morgan fingerprint density at radius 1 is 1.05 bits per heavy atom. The molecule has 0 spiro atoms. The van der Waals surface area contributed by atoms with Crippen LogP contribution in [-0.4, -0.2) is 11.5 Å². The molecular weight excluding hydrogens is 271 g/mol. The lowest BCUT2D eigenvalue weighted by Gasteiger charge is -2.09. The molecule has 2 aromatic rings. The summed E-state index contributed by atoms with van der Waals surface area (Å²) in [6, 6.07) is 10.5. The summed E-state index contributed by atoms with van der Waals surface area (Å²) in [4.78, 5) is 12.8. The highest BCUT2D eigenvalue weighted by atomic mass is 32.2. The lowest BCUT2D eigenvalue weighted by Crippen LogP contribution is -2.06. The van der Waals surface area contributed by atoms with Crippen molar-refractivity contribution in [3.8, 4) is 0 Å². The van der Waals surface area contributed by atoms with E-state index in [1.54, 1.807) is 18.2 Å². The van der Waals surface area contributed by atoms with Crippen molar-refractivity contribution in [3.63, 3.8) is 0 Å². The van der Waals surface area contributed by atoms with E-state index in [1.807, 2.05) is 32.9 Å². The minimum absolute atomic E-state index is 0.0406. The van der Waals surface area contributed by atoms with Gasteiger partial charge in [0.2, 0.25) is 0 Å². The summed E-state index contributed by atoms with van der Waals surface area (Å²) < 4.78 is 13.5. The fourth-order valence-corrected chi connectivity index (χ4v) is 2.87. The van der Waals surface area contributed by atoms with E-state index in [1.165, 1.54) is 23.4 Å². The molecule has 0 heterocycles. The van der Waals surface area contributed by atoms with E-state index >= 15 is 0 Å². The van der Waals surface area contributed by atoms with E-state index < -0.39 is 0 Å². The van der Waals surface area contributed by atoms with E-state index in [0.29, 0.717) is 4.90 Å². The molecule has 20 heavy (non-hydrogen) atoms. The van der Waals surface area contributed by atoms with Gasteiger partial charge in [-0.2, -0.15) is 0 Å². The molecule has 0 amide bonds. The largest absolute Gasteiger partial charge is 0.293 e. The van der Waals surface area contributed by atoms with Crippen LogP contribution in [0.5, 0.6) is 0 Å². The number of aryl methyl sites for hydroxylation is 3. The Labute approximate surface area is 123 Å². The number of hydrogen-bond acceptors (Lipinski definition) is 2. The number of carbonyl (C=O) groups is 1. The molecule has 0 aromatic heterocycles. The summed E-state index contributed by atoms with van der Waals surface area (Å²) in [5.41, 5.74) is 4.00. The Balaban J connectivity index is 2.13. The van der Waals surface area contributed by atoms with Crippen LogP contribution >= 0.6 is 11.8 Å². The number of ketones is 1. The Kier molecular flexibility index (Phi) is 4.61. The zero-order chi connectivity index (χ0) is 14.7. The number of hydrogen-bond donors (Lipinski definition) is 0. The second-order valence-electron chi connectivity index (χ2n) is 4.89. The molecule has 2 rings (SSSR count). The zero-order valence-electron chi connectivity index (χ0n) is 11.9. The lowest BCUT2D eigenvalue weighted by molar-refractivity contribution is 0.102. The lowest BCUT2D eigenvalue weighted by atomic mass is 9.99. The van der Waals surface area contributed by atoms with E-state index in [0.717, 1.165) is 16.7 Å². The normalized spacial score (nSPS) is 10.6. The van der Waals surface area contributed by atoms with E-state index in [4.69, 9.17) is 0 Å². The van der Waals surface area contributed by atoms with Crippen molar-refractivity contribution >= 4 is 17.5 Å². The van der Waals surface area contributed by atoms with Crippen LogP contribution in [0.15, 0.2) is 41.3 Å². The number of rotatable bonds is 4. The average molecular weight is 288 g/mol. The molecule has 0 aliphatic rings. The third-order valence-corrected chi connectivity index (χ3v) is 4.39. The van der Waals surface area contributed by atoms with Gasteiger partial charge in [-0.05, 0) is 55.7 Å². The maximum Gasteiger partial charge on any atom is 0.173 e. The number of Topliss-reactive ketones (excluding diaryl/α,β-unsaturated/α-hetero) is 1. The first-order valence-corrected chi connectivity index (χ1v) is 7.46. The molecule has 0 unspecified atom stereocenters. The maximum absolute atomic E-state index is 13.5.